The highest BCUT2D eigenvalue weighted by Gasteiger charge is 2.07. The fourth-order valence-electron chi connectivity index (χ4n) is 1.67. The Morgan fingerprint density at radius 2 is 2.12 bits per heavy atom. The third-order valence-electron chi connectivity index (χ3n) is 2.39. The number of nitrogens with zero attached hydrogens (tertiary/aromatic N) is 3. The van der Waals surface area contributed by atoms with Gasteiger partial charge in [0.15, 0.2) is 0 Å². The van der Waals surface area contributed by atoms with E-state index in [9.17, 15) is 0 Å². The molecule has 1 N–H and O–H groups in total. The van der Waals surface area contributed by atoms with Crippen molar-refractivity contribution in [3.8, 4) is 11.1 Å². The van der Waals surface area contributed by atoms with Gasteiger partial charge in [0.1, 0.15) is 5.65 Å². The molecule has 0 spiro atoms. The van der Waals surface area contributed by atoms with Gasteiger partial charge in [-0.3, -0.25) is 0 Å². The molecule has 3 heterocycles. The molecule has 3 aromatic rings. The van der Waals surface area contributed by atoms with Crippen LogP contribution in [0.2, 0.25) is 0 Å². The van der Waals surface area contributed by atoms with E-state index in [0.717, 1.165) is 26.6 Å². The van der Waals surface area contributed by atoms with Gasteiger partial charge >= 0.3 is 0 Å². The minimum absolute atomic E-state index is 0.870. The van der Waals surface area contributed by atoms with Crippen molar-refractivity contribution in [3.05, 3.63) is 41.4 Å². The second-order valence-corrected chi connectivity index (χ2v) is 4.30. The topological polar surface area (TPSA) is 54.5 Å². The Morgan fingerprint density at radius 3 is 2.94 bits per heavy atom. The predicted octanol–water partition coefficient (Wildman–Crippen LogP) is 2.78. The lowest BCUT2D eigenvalue weighted by Crippen LogP contribution is -1.81. The molecule has 0 fully saturated rings. The smallest absolute Gasteiger partial charge is 0.137 e. The highest BCUT2D eigenvalue weighted by molar-refractivity contribution is 9.10. The van der Waals surface area contributed by atoms with Crippen LogP contribution in [0.15, 0.2) is 41.4 Å². The molecule has 0 saturated heterocycles. The van der Waals surface area contributed by atoms with E-state index in [0.29, 0.717) is 0 Å². The normalized spacial score (nSPS) is 10.8. The summed E-state index contributed by atoms with van der Waals surface area (Å²) in [6, 6.07) is 3.96. The van der Waals surface area contributed by atoms with Crippen LogP contribution in [0.25, 0.3) is 22.2 Å². The Balaban J connectivity index is 2.29. The number of nitrogens with one attached hydrogen (secondary N) is 1. The van der Waals surface area contributed by atoms with Crippen molar-refractivity contribution >= 4 is 27.0 Å². The van der Waals surface area contributed by atoms with Gasteiger partial charge in [0, 0.05) is 33.4 Å². The Hall–Kier alpha value is -1.75. The van der Waals surface area contributed by atoms with Crippen LogP contribution in [0.4, 0.5) is 0 Å². The van der Waals surface area contributed by atoms with Crippen LogP contribution in [-0.2, 0) is 0 Å². The number of hydrogen-bond acceptors (Lipinski definition) is 3. The second-order valence-electron chi connectivity index (χ2n) is 3.38. The molecule has 0 aliphatic carbocycles. The highest BCUT2D eigenvalue weighted by atomic mass is 79.9. The molecule has 0 atom stereocenters. The number of rotatable bonds is 1. The molecule has 0 aromatic carbocycles. The summed E-state index contributed by atoms with van der Waals surface area (Å²) < 4.78 is 0.961. The van der Waals surface area contributed by atoms with Crippen molar-refractivity contribution < 1.29 is 0 Å². The van der Waals surface area contributed by atoms with E-state index in [2.05, 4.69) is 36.1 Å². The number of aromatic nitrogens is 4. The monoisotopic (exact) mass is 274 g/mol. The minimum Gasteiger partial charge on any atom is -0.346 e. The molecule has 3 rings (SSSR count). The first-order valence-corrected chi connectivity index (χ1v) is 5.53. The van der Waals surface area contributed by atoms with Crippen LogP contribution in [0.1, 0.15) is 0 Å². The maximum Gasteiger partial charge on any atom is 0.137 e. The Bertz CT molecular complexity index is 633. The lowest BCUT2D eigenvalue weighted by atomic mass is 10.1. The number of fused-ring (bicyclic) bond motifs is 1. The van der Waals surface area contributed by atoms with Gasteiger partial charge in [-0.2, -0.15) is 10.2 Å². The Kier molecular flexibility index (Phi) is 2.18. The van der Waals surface area contributed by atoms with E-state index < -0.39 is 0 Å². The van der Waals surface area contributed by atoms with Crippen molar-refractivity contribution in [1.82, 2.24) is 20.2 Å². The summed E-state index contributed by atoms with van der Waals surface area (Å²) in [5.41, 5.74) is 2.98. The minimum atomic E-state index is 0.870. The van der Waals surface area contributed by atoms with Crippen molar-refractivity contribution in [2.45, 2.75) is 0 Å². The number of hydrogen-bond donors (Lipinski definition) is 1. The number of pyridine rings is 1. The molecule has 0 bridgehead atoms. The van der Waals surface area contributed by atoms with Gasteiger partial charge in [0.25, 0.3) is 0 Å². The molecule has 16 heavy (non-hydrogen) atoms. The zero-order valence-electron chi connectivity index (χ0n) is 8.18. The zero-order valence-corrected chi connectivity index (χ0v) is 9.77. The average Bonchev–Trinajstić information content (AvgIpc) is 2.73. The summed E-state index contributed by atoms with van der Waals surface area (Å²) >= 11 is 3.42. The van der Waals surface area contributed by atoms with E-state index in [4.69, 9.17) is 0 Å². The van der Waals surface area contributed by atoms with Gasteiger partial charge in [-0.25, -0.2) is 4.98 Å². The molecule has 0 amide bonds. The molecule has 0 radical (unpaired) electrons. The predicted molar refractivity (Wildman–Crippen MR) is 64.8 cm³/mol. The lowest BCUT2D eigenvalue weighted by Gasteiger charge is -1.97. The first-order valence-electron chi connectivity index (χ1n) is 4.74. The largest absolute Gasteiger partial charge is 0.346 e. The summed E-state index contributed by atoms with van der Waals surface area (Å²) in [4.78, 5) is 7.42. The van der Waals surface area contributed by atoms with E-state index in [1.54, 1.807) is 18.6 Å². The Labute approximate surface area is 99.9 Å². The van der Waals surface area contributed by atoms with Gasteiger partial charge in [-0.1, -0.05) is 0 Å². The third-order valence-corrected chi connectivity index (χ3v) is 2.83. The van der Waals surface area contributed by atoms with E-state index in [-0.39, 0.29) is 0 Å². The molecule has 0 unspecified atom stereocenters. The molecule has 0 aliphatic heterocycles. The molecule has 0 saturated carbocycles. The summed E-state index contributed by atoms with van der Waals surface area (Å²) in [6.07, 6.45) is 7.12. The van der Waals surface area contributed by atoms with Gasteiger partial charge in [0.2, 0.25) is 0 Å². The number of H-pyrrole nitrogens is 1. The lowest BCUT2D eigenvalue weighted by molar-refractivity contribution is 1.03. The molecular formula is C11H7BrN4. The van der Waals surface area contributed by atoms with Crippen LogP contribution < -0.4 is 0 Å². The Morgan fingerprint density at radius 1 is 1.19 bits per heavy atom. The van der Waals surface area contributed by atoms with E-state index >= 15 is 0 Å². The van der Waals surface area contributed by atoms with Crippen LogP contribution in [-0.4, -0.2) is 20.2 Å². The first-order chi connectivity index (χ1) is 7.84. The van der Waals surface area contributed by atoms with Crippen molar-refractivity contribution in [2.24, 2.45) is 0 Å². The van der Waals surface area contributed by atoms with Crippen LogP contribution in [0.3, 0.4) is 0 Å². The van der Waals surface area contributed by atoms with Crippen LogP contribution >= 0.6 is 15.9 Å². The van der Waals surface area contributed by atoms with Gasteiger partial charge in [0.05, 0.1) is 12.4 Å². The van der Waals surface area contributed by atoms with E-state index in [1.807, 2.05) is 18.3 Å². The van der Waals surface area contributed by atoms with Crippen LogP contribution in [0, 0.1) is 0 Å². The maximum atomic E-state index is 4.29. The number of halogens is 1. The zero-order chi connectivity index (χ0) is 11.0. The average molecular weight is 275 g/mol. The molecular weight excluding hydrogens is 268 g/mol. The summed E-state index contributed by atoms with van der Waals surface area (Å²) in [6.45, 7) is 0. The summed E-state index contributed by atoms with van der Waals surface area (Å²) in [7, 11) is 0. The third kappa shape index (κ3) is 1.49. The standard InChI is InChI=1S/C11H7BrN4/c12-8-3-9-10(6-14-11(9)13-5-8)7-1-2-15-16-4-7/h1-6H,(H,13,14). The second kappa shape index (κ2) is 3.68. The van der Waals surface area contributed by atoms with Crippen molar-refractivity contribution in [2.75, 3.05) is 0 Å². The van der Waals surface area contributed by atoms with Crippen molar-refractivity contribution in [1.29, 1.82) is 0 Å². The molecule has 0 aliphatic rings. The van der Waals surface area contributed by atoms with Gasteiger partial charge < -0.3 is 4.98 Å². The molecule has 4 nitrogen and oxygen atoms in total. The molecule has 5 heteroatoms. The first kappa shape index (κ1) is 9.47. The number of aromatic amines is 1. The fraction of sp³-hybridized carbons (Fsp3) is 0. The maximum absolute atomic E-state index is 4.29. The fourth-order valence-corrected chi connectivity index (χ4v) is 2.00. The summed E-state index contributed by atoms with van der Waals surface area (Å²) in [5, 5.41) is 8.71. The molecule has 3 aromatic heterocycles. The summed E-state index contributed by atoms with van der Waals surface area (Å²) in [5.74, 6) is 0. The van der Waals surface area contributed by atoms with Crippen LogP contribution in [0.5, 0.6) is 0 Å². The molecule has 78 valence electrons. The SMILES string of the molecule is Brc1cnc2[nH]cc(-c3ccnnc3)c2c1. The quantitative estimate of drug-likeness (QED) is 0.743. The van der Waals surface area contributed by atoms with Crippen molar-refractivity contribution in [3.63, 3.8) is 0 Å². The van der Waals surface area contributed by atoms with Gasteiger partial charge in [-0.05, 0) is 28.1 Å². The van der Waals surface area contributed by atoms with Gasteiger partial charge in [-0.15, -0.1) is 0 Å². The highest BCUT2D eigenvalue weighted by Crippen LogP contribution is 2.28. The van der Waals surface area contributed by atoms with E-state index in [1.165, 1.54) is 0 Å².